The van der Waals surface area contributed by atoms with Gasteiger partial charge in [-0.2, -0.15) is 5.26 Å². The van der Waals surface area contributed by atoms with Gasteiger partial charge in [0.15, 0.2) is 12.6 Å². The van der Waals surface area contributed by atoms with Crippen LogP contribution in [0.3, 0.4) is 0 Å². The fourth-order valence-corrected chi connectivity index (χ4v) is 1.82. The Morgan fingerprint density at radius 3 is 2.67 bits per heavy atom. The van der Waals surface area contributed by atoms with Crippen LogP contribution in [-0.4, -0.2) is 19.7 Å². The molecule has 0 unspecified atom stereocenters. The van der Waals surface area contributed by atoms with Crippen LogP contribution in [-0.2, 0) is 9.47 Å². The first-order chi connectivity index (χ1) is 8.65. The van der Waals surface area contributed by atoms with Crippen molar-refractivity contribution in [3.05, 3.63) is 35.4 Å². The number of nitrogens with zero attached hydrogens (tertiary/aromatic N) is 1. The molecule has 0 radical (unpaired) electrons. The molecule has 1 saturated heterocycles. The van der Waals surface area contributed by atoms with E-state index in [0.717, 1.165) is 16.9 Å². The molecule has 94 valence electrons. The van der Waals surface area contributed by atoms with Crippen molar-refractivity contribution in [2.24, 2.45) is 0 Å². The molecule has 1 aliphatic rings. The van der Waals surface area contributed by atoms with Gasteiger partial charge < -0.3 is 14.2 Å². The first-order valence-electron chi connectivity index (χ1n) is 5.72. The SMILES string of the molecule is COc1cccc(/C(C)=C(/C#N)C2OC(C)O2)c1. The van der Waals surface area contributed by atoms with Crippen LogP contribution in [0.25, 0.3) is 5.57 Å². The highest BCUT2D eigenvalue weighted by molar-refractivity contribution is 5.71. The number of nitriles is 1. The molecule has 18 heavy (non-hydrogen) atoms. The maximum atomic E-state index is 9.21. The average Bonchev–Trinajstić information content (AvgIpc) is 2.37. The minimum absolute atomic E-state index is 0.239. The summed E-state index contributed by atoms with van der Waals surface area (Å²) in [5, 5.41) is 9.21. The molecule has 0 spiro atoms. The van der Waals surface area contributed by atoms with Crippen LogP contribution in [0, 0.1) is 11.3 Å². The Labute approximate surface area is 106 Å². The molecule has 4 nitrogen and oxygen atoms in total. The van der Waals surface area contributed by atoms with E-state index in [1.165, 1.54) is 0 Å². The molecule has 0 N–H and O–H groups in total. The molecular weight excluding hydrogens is 230 g/mol. The molecule has 0 atom stereocenters. The minimum atomic E-state index is -0.545. The number of hydrogen-bond acceptors (Lipinski definition) is 4. The molecule has 1 fully saturated rings. The molecule has 1 aromatic carbocycles. The molecule has 0 saturated carbocycles. The highest BCUT2D eigenvalue weighted by Crippen LogP contribution is 2.29. The van der Waals surface area contributed by atoms with E-state index >= 15 is 0 Å². The Balaban J connectivity index is 2.32. The molecule has 1 aliphatic heterocycles. The number of hydrogen-bond donors (Lipinski definition) is 0. The molecular formula is C14H15NO3. The van der Waals surface area contributed by atoms with E-state index in [2.05, 4.69) is 6.07 Å². The van der Waals surface area contributed by atoms with Crippen molar-refractivity contribution >= 4 is 5.57 Å². The number of rotatable bonds is 3. The lowest BCUT2D eigenvalue weighted by atomic mass is 10.0. The zero-order valence-corrected chi connectivity index (χ0v) is 10.6. The van der Waals surface area contributed by atoms with Crippen LogP contribution < -0.4 is 4.74 Å². The monoisotopic (exact) mass is 245 g/mol. The average molecular weight is 245 g/mol. The summed E-state index contributed by atoms with van der Waals surface area (Å²) in [6, 6.07) is 9.71. The lowest BCUT2D eigenvalue weighted by Crippen LogP contribution is -2.40. The Kier molecular flexibility index (Phi) is 3.66. The maximum absolute atomic E-state index is 9.21. The van der Waals surface area contributed by atoms with Gasteiger partial charge in [0.1, 0.15) is 11.8 Å². The highest BCUT2D eigenvalue weighted by Gasteiger charge is 2.31. The number of benzene rings is 1. The van der Waals surface area contributed by atoms with E-state index < -0.39 is 6.29 Å². The van der Waals surface area contributed by atoms with Crippen LogP contribution in [0.2, 0.25) is 0 Å². The molecule has 4 heteroatoms. The highest BCUT2D eigenvalue weighted by atomic mass is 16.9. The van der Waals surface area contributed by atoms with Gasteiger partial charge in [-0.05, 0) is 37.1 Å². The Hall–Kier alpha value is -1.83. The fraction of sp³-hybridized carbons (Fsp3) is 0.357. The molecule has 0 amide bonds. The minimum Gasteiger partial charge on any atom is -0.497 e. The van der Waals surface area contributed by atoms with E-state index in [9.17, 15) is 5.26 Å². The van der Waals surface area contributed by atoms with Gasteiger partial charge in [-0.15, -0.1) is 0 Å². The zero-order valence-electron chi connectivity index (χ0n) is 10.6. The summed E-state index contributed by atoms with van der Waals surface area (Å²) < 4.78 is 15.9. The van der Waals surface area contributed by atoms with Gasteiger partial charge in [0.05, 0.1) is 12.7 Å². The van der Waals surface area contributed by atoms with Crippen molar-refractivity contribution < 1.29 is 14.2 Å². The third kappa shape index (κ3) is 2.37. The van der Waals surface area contributed by atoms with Gasteiger partial charge in [-0.25, -0.2) is 0 Å². The maximum Gasteiger partial charge on any atom is 0.199 e. The van der Waals surface area contributed by atoms with Gasteiger partial charge in [-0.1, -0.05) is 12.1 Å². The smallest absolute Gasteiger partial charge is 0.199 e. The molecule has 1 heterocycles. The number of methoxy groups -OCH3 is 1. The first-order valence-corrected chi connectivity index (χ1v) is 5.72. The normalized spacial score (nSPS) is 23.7. The lowest BCUT2D eigenvalue weighted by Gasteiger charge is -2.33. The summed E-state index contributed by atoms with van der Waals surface area (Å²) in [6.45, 7) is 3.68. The zero-order chi connectivity index (χ0) is 13.1. The van der Waals surface area contributed by atoms with E-state index in [1.807, 2.05) is 31.2 Å². The molecule has 2 rings (SSSR count). The van der Waals surface area contributed by atoms with Crippen molar-refractivity contribution in [1.29, 1.82) is 5.26 Å². The summed E-state index contributed by atoms with van der Waals surface area (Å²) in [5.74, 6) is 0.757. The number of ether oxygens (including phenoxy) is 3. The summed E-state index contributed by atoms with van der Waals surface area (Å²) in [6.07, 6.45) is -0.785. The van der Waals surface area contributed by atoms with E-state index in [0.29, 0.717) is 5.57 Å². The van der Waals surface area contributed by atoms with Crippen LogP contribution in [0.5, 0.6) is 5.75 Å². The van der Waals surface area contributed by atoms with Crippen LogP contribution in [0.4, 0.5) is 0 Å². The lowest BCUT2D eigenvalue weighted by molar-refractivity contribution is -0.357. The first kappa shape index (κ1) is 12.6. The van der Waals surface area contributed by atoms with E-state index in [4.69, 9.17) is 14.2 Å². The standard InChI is InChI=1S/C14H15NO3/c1-9(11-5-4-6-12(7-11)16-3)13(8-15)14-17-10(2)18-14/h4-7,10,14H,1-3H3/b13-9-. The Bertz CT molecular complexity index is 510. The Morgan fingerprint density at radius 1 is 1.39 bits per heavy atom. The van der Waals surface area contributed by atoms with Crippen molar-refractivity contribution in [3.8, 4) is 11.8 Å². The molecule has 0 bridgehead atoms. The molecule has 1 aromatic rings. The third-order valence-electron chi connectivity index (χ3n) is 2.89. The van der Waals surface area contributed by atoms with Gasteiger partial charge in [-0.3, -0.25) is 0 Å². The van der Waals surface area contributed by atoms with Crippen molar-refractivity contribution in [2.45, 2.75) is 26.4 Å². The van der Waals surface area contributed by atoms with Gasteiger partial charge >= 0.3 is 0 Å². The molecule has 0 aliphatic carbocycles. The quantitative estimate of drug-likeness (QED) is 0.768. The second-order valence-corrected chi connectivity index (χ2v) is 4.05. The van der Waals surface area contributed by atoms with Crippen LogP contribution in [0.15, 0.2) is 29.8 Å². The van der Waals surface area contributed by atoms with Crippen molar-refractivity contribution in [2.75, 3.05) is 7.11 Å². The summed E-state index contributed by atoms with van der Waals surface area (Å²) in [7, 11) is 1.61. The predicted molar refractivity (Wildman–Crippen MR) is 66.6 cm³/mol. The number of allylic oxidation sites excluding steroid dienone is 1. The third-order valence-corrected chi connectivity index (χ3v) is 2.89. The van der Waals surface area contributed by atoms with E-state index in [-0.39, 0.29) is 6.29 Å². The van der Waals surface area contributed by atoms with Crippen molar-refractivity contribution in [3.63, 3.8) is 0 Å². The van der Waals surface area contributed by atoms with Gasteiger partial charge in [0.2, 0.25) is 0 Å². The summed E-state index contributed by atoms with van der Waals surface area (Å²) in [4.78, 5) is 0. The fourth-order valence-electron chi connectivity index (χ4n) is 1.82. The van der Waals surface area contributed by atoms with Crippen LogP contribution in [0.1, 0.15) is 19.4 Å². The van der Waals surface area contributed by atoms with Gasteiger partial charge in [0.25, 0.3) is 0 Å². The second kappa shape index (κ2) is 5.21. The molecule has 0 aromatic heterocycles. The van der Waals surface area contributed by atoms with Gasteiger partial charge in [0, 0.05) is 0 Å². The second-order valence-electron chi connectivity index (χ2n) is 4.05. The summed E-state index contributed by atoms with van der Waals surface area (Å²) in [5.41, 5.74) is 2.27. The Morgan fingerprint density at radius 2 is 2.11 bits per heavy atom. The van der Waals surface area contributed by atoms with Crippen molar-refractivity contribution in [1.82, 2.24) is 0 Å². The largest absolute Gasteiger partial charge is 0.497 e. The van der Waals surface area contributed by atoms with E-state index in [1.54, 1.807) is 14.0 Å². The topological polar surface area (TPSA) is 51.5 Å². The predicted octanol–water partition coefficient (Wildman–Crippen LogP) is 2.71. The summed E-state index contributed by atoms with van der Waals surface area (Å²) >= 11 is 0. The van der Waals surface area contributed by atoms with Crippen LogP contribution >= 0.6 is 0 Å².